The maximum atomic E-state index is 13.1. The second-order valence-electron chi connectivity index (χ2n) is 7.12. The van der Waals surface area contributed by atoms with E-state index in [1.807, 2.05) is 12.1 Å². The molecule has 142 valence electrons. The highest BCUT2D eigenvalue weighted by atomic mass is 16.7. The van der Waals surface area contributed by atoms with Crippen LogP contribution in [-0.2, 0) is 14.3 Å². The maximum Gasteiger partial charge on any atom is 0.513 e. The summed E-state index contributed by atoms with van der Waals surface area (Å²) in [6.45, 7) is 5.27. The van der Waals surface area contributed by atoms with Gasteiger partial charge in [-0.2, -0.15) is 0 Å². The molecule has 2 aliphatic rings. The largest absolute Gasteiger partial charge is 0.513 e. The predicted molar refractivity (Wildman–Crippen MR) is 101 cm³/mol. The van der Waals surface area contributed by atoms with E-state index in [1.54, 1.807) is 33.9 Å². The Labute approximate surface area is 159 Å². The van der Waals surface area contributed by atoms with Gasteiger partial charge in [0, 0.05) is 23.0 Å². The monoisotopic (exact) mass is 368 g/mol. The molecule has 5 heteroatoms. The fraction of sp³-hybridized carbons (Fsp3) is 0.455. The molecule has 2 atom stereocenters. The lowest BCUT2D eigenvalue weighted by molar-refractivity contribution is -0.117. The van der Waals surface area contributed by atoms with Gasteiger partial charge in [-0.15, -0.1) is 5.92 Å². The minimum absolute atomic E-state index is 0.00345. The van der Waals surface area contributed by atoms with Gasteiger partial charge in [-0.25, -0.2) is 4.79 Å². The van der Waals surface area contributed by atoms with Crippen LogP contribution in [0.4, 0.5) is 4.79 Å². The molecule has 2 unspecified atom stereocenters. The van der Waals surface area contributed by atoms with Crippen molar-refractivity contribution in [3.63, 3.8) is 0 Å². The fourth-order valence-corrected chi connectivity index (χ4v) is 3.81. The highest BCUT2D eigenvalue weighted by Gasteiger charge is 2.43. The first-order valence-electron chi connectivity index (χ1n) is 9.22. The molecule has 0 aromatic heterocycles. The lowest BCUT2D eigenvalue weighted by Gasteiger charge is -2.25. The van der Waals surface area contributed by atoms with Crippen LogP contribution < -0.4 is 4.74 Å². The summed E-state index contributed by atoms with van der Waals surface area (Å²) in [4.78, 5) is 25.2. The Morgan fingerprint density at radius 3 is 2.63 bits per heavy atom. The quantitative estimate of drug-likeness (QED) is 0.584. The molecule has 1 saturated carbocycles. The minimum Gasteiger partial charge on any atom is -0.496 e. The Bertz CT molecular complexity index is 853. The third-order valence-electron chi connectivity index (χ3n) is 4.93. The van der Waals surface area contributed by atoms with E-state index in [4.69, 9.17) is 14.2 Å². The second-order valence-corrected chi connectivity index (χ2v) is 7.12. The number of Topliss-reactive ketones (excluding diaryl/α,β-unsaturated/α-hetero) is 1. The predicted octanol–water partition coefficient (Wildman–Crippen LogP) is 4.34. The van der Waals surface area contributed by atoms with Crippen LogP contribution in [0.1, 0.15) is 51.2 Å². The Morgan fingerprint density at radius 1 is 1.22 bits per heavy atom. The van der Waals surface area contributed by atoms with E-state index in [-0.39, 0.29) is 23.7 Å². The van der Waals surface area contributed by atoms with Gasteiger partial charge >= 0.3 is 6.16 Å². The zero-order valence-electron chi connectivity index (χ0n) is 16.1. The molecule has 5 nitrogen and oxygen atoms in total. The highest BCUT2D eigenvalue weighted by molar-refractivity contribution is 6.24. The third-order valence-corrected chi connectivity index (χ3v) is 4.93. The molecule has 0 N–H and O–H groups in total. The molecule has 1 aromatic rings. The lowest BCUT2D eigenvalue weighted by Crippen LogP contribution is -2.25. The molecule has 0 aliphatic heterocycles. The van der Waals surface area contributed by atoms with E-state index in [0.717, 1.165) is 18.4 Å². The lowest BCUT2D eigenvalue weighted by atomic mass is 9.83. The molecule has 2 bridgehead atoms. The van der Waals surface area contributed by atoms with Gasteiger partial charge in [-0.1, -0.05) is 5.92 Å². The van der Waals surface area contributed by atoms with Crippen molar-refractivity contribution in [2.45, 2.75) is 46.1 Å². The number of fused-ring (bicyclic) bond motifs is 2. The third kappa shape index (κ3) is 3.85. The average molecular weight is 368 g/mol. The smallest absolute Gasteiger partial charge is 0.496 e. The van der Waals surface area contributed by atoms with Crippen LogP contribution in [0.15, 0.2) is 24.0 Å². The first-order chi connectivity index (χ1) is 12.9. The Balaban J connectivity index is 2.09. The first kappa shape index (κ1) is 19.0. The topological polar surface area (TPSA) is 61.8 Å². The van der Waals surface area contributed by atoms with Crippen LogP contribution in [-0.4, -0.2) is 25.2 Å². The summed E-state index contributed by atoms with van der Waals surface area (Å²) in [6.07, 6.45) is 1.28. The van der Waals surface area contributed by atoms with Gasteiger partial charge in [-0.3, -0.25) is 4.79 Å². The van der Waals surface area contributed by atoms with Crippen molar-refractivity contribution in [1.29, 1.82) is 0 Å². The van der Waals surface area contributed by atoms with E-state index >= 15 is 0 Å². The Kier molecular flexibility index (Phi) is 5.55. The summed E-state index contributed by atoms with van der Waals surface area (Å²) in [5, 5.41) is 0. The van der Waals surface area contributed by atoms with Crippen molar-refractivity contribution in [2.24, 2.45) is 11.8 Å². The number of ether oxygens (including phenoxy) is 3. The summed E-state index contributed by atoms with van der Waals surface area (Å²) in [5.41, 5.74) is 1.86. The number of rotatable bonds is 4. The van der Waals surface area contributed by atoms with E-state index in [1.165, 1.54) is 0 Å². The normalized spacial score (nSPS) is 21.0. The van der Waals surface area contributed by atoms with Gasteiger partial charge in [0.05, 0.1) is 18.8 Å². The molecule has 0 saturated heterocycles. The van der Waals surface area contributed by atoms with E-state index in [0.29, 0.717) is 29.1 Å². The molecule has 0 spiro atoms. The Morgan fingerprint density at radius 2 is 1.96 bits per heavy atom. The van der Waals surface area contributed by atoms with Crippen molar-refractivity contribution in [2.75, 3.05) is 7.11 Å². The highest BCUT2D eigenvalue weighted by Crippen LogP contribution is 2.48. The molecule has 0 radical (unpaired) electrons. The number of allylic oxidation sites excluding steroid dienone is 2. The fourth-order valence-electron chi connectivity index (χ4n) is 3.81. The van der Waals surface area contributed by atoms with Crippen LogP contribution in [0.3, 0.4) is 0 Å². The van der Waals surface area contributed by atoms with Gasteiger partial charge in [0.25, 0.3) is 0 Å². The molecule has 3 rings (SSSR count). The van der Waals surface area contributed by atoms with Crippen molar-refractivity contribution >= 4 is 17.5 Å². The zero-order chi connectivity index (χ0) is 19.6. The van der Waals surface area contributed by atoms with Gasteiger partial charge in [0.2, 0.25) is 0 Å². The van der Waals surface area contributed by atoms with Gasteiger partial charge in [0.1, 0.15) is 11.5 Å². The summed E-state index contributed by atoms with van der Waals surface area (Å²) < 4.78 is 16.2. The van der Waals surface area contributed by atoms with Crippen molar-refractivity contribution in [3.8, 4) is 17.6 Å². The molecule has 0 amide bonds. The minimum atomic E-state index is -0.775. The summed E-state index contributed by atoms with van der Waals surface area (Å²) in [5.74, 6) is 6.80. The van der Waals surface area contributed by atoms with Crippen molar-refractivity contribution in [1.82, 2.24) is 0 Å². The number of hydrogen-bond acceptors (Lipinski definition) is 5. The first-order valence-corrected chi connectivity index (χ1v) is 9.22. The molecular weight excluding hydrogens is 344 g/mol. The van der Waals surface area contributed by atoms with Crippen LogP contribution in [0.25, 0.3) is 5.57 Å². The molecular formula is C22H24O5. The molecule has 27 heavy (non-hydrogen) atoms. The Hall–Kier alpha value is -2.74. The van der Waals surface area contributed by atoms with E-state index in [9.17, 15) is 9.59 Å². The summed E-state index contributed by atoms with van der Waals surface area (Å²) in [7, 11) is 1.55. The molecule has 0 heterocycles. The molecule has 2 aliphatic carbocycles. The zero-order valence-corrected chi connectivity index (χ0v) is 16.1. The van der Waals surface area contributed by atoms with Crippen molar-refractivity contribution in [3.05, 3.63) is 35.1 Å². The van der Waals surface area contributed by atoms with Crippen molar-refractivity contribution < 1.29 is 23.8 Å². The number of carbonyl (C=O) groups excluding carboxylic acids is 2. The maximum absolute atomic E-state index is 13.1. The van der Waals surface area contributed by atoms with Crippen LogP contribution >= 0.6 is 0 Å². The van der Waals surface area contributed by atoms with Gasteiger partial charge in [-0.05, 0) is 58.2 Å². The average Bonchev–Trinajstić information content (AvgIpc) is 3.06. The van der Waals surface area contributed by atoms with Crippen LogP contribution in [0, 0.1) is 23.7 Å². The van der Waals surface area contributed by atoms with Gasteiger partial charge < -0.3 is 14.2 Å². The van der Waals surface area contributed by atoms with Gasteiger partial charge in [0.15, 0.2) is 5.78 Å². The van der Waals surface area contributed by atoms with E-state index in [2.05, 4.69) is 11.8 Å². The summed E-state index contributed by atoms with van der Waals surface area (Å²) in [6, 6.07) is 5.45. The number of hydrogen-bond donors (Lipinski definition) is 0. The van der Waals surface area contributed by atoms with Crippen LogP contribution in [0.5, 0.6) is 5.75 Å². The number of ketones is 1. The summed E-state index contributed by atoms with van der Waals surface area (Å²) >= 11 is 0. The number of carbonyl (C=O) groups is 2. The molecule has 1 fully saturated rings. The molecule has 1 aromatic carbocycles. The second kappa shape index (κ2) is 7.87. The SMILES string of the molecule is CC#Cc1ccc(C2=C(OC(=O)OC(C)C)C3CCC(C3)C2=O)c(OC)c1. The number of methoxy groups -OCH3 is 1. The number of benzene rings is 1. The van der Waals surface area contributed by atoms with E-state index < -0.39 is 6.16 Å². The van der Waals surface area contributed by atoms with Crippen LogP contribution in [0.2, 0.25) is 0 Å². The standard InChI is InChI=1S/C22H24O5/c1-5-6-14-7-10-17(18(11-14)25-4)19-20(23)15-8-9-16(12-15)21(19)27-22(24)26-13(2)3/h7,10-11,13,15-16H,8-9,12H2,1-4H3.